The lowest BCUT2D eigenvalue weighted by atomic mass is 10.1. The maximum absolute atomic E-state index is 13.8. The summed E-state index contributed by atoms with van der Waals surface area (Å²) in [6.45, 7) is 1.74. The molecule has 3 aromatic carbocycles. The number of amides is 1. The van der Waals surface area contributed by atoms with E-state index in [1.807, 2.05) is 0 Å². The lowest BCUT2D eigenvalue weighted by molar-refractivity contribution is 0.100. The van der Waals surface area contributed by atoms with Crippen molar-refractivity contribution in [3.05, 3.63) is 65.9 Å². The first-order valence-corrected chi connectivity index (χ1v) is 12.8. The standard InChI is InChI=1S/C27H27N3O7S.ClH/c1-15-9-18(38(32,33)19-12-22(35-3)26(37-5)23(13-19)36-4)11-20-24(15)29-14-21(27(28)31)25(20)30-16-7-6-8-17(10-16)34-2;/h6-14H,1-5H3,(H2,28,31)(H,29,30);1H. The molecule has 0 bridgehead atoms. The predicted molar refractivity (Wildman–Crippen MR) is 150 cm³/mol. The fourth-order valence-electron chi connectivity index (χ4n) is 4.12. The molecule has 12 heteroatoms. The first-order chi connectivity index (χ1) is 18.1. The third-order valence-electron chi connectivity index (χ3n) is 6.00. The van der Waals surface area contributed by atoms with E-state index in [4.69, 9.17) is 24.7 Å². The Bertz CT molecular complexity index is 1630. The number of hydrogen-bond acceptors (Lipinski definition) is 9. The van der Waals surface area contributed by atoms with Gasteiger partial charge in [0.1, 0.15) is 5.75 Å². The SMILES string of the molecule is COc1cccc(Nc2c(C(N)=O)cnc3c(C)cc(S(=O)(=O)c4cc(OC)c(OC)c(OC)c4)cc23)c1.Cl. The highest BCUT2D eigenvalue weighted by Gasteiger charge is 2.25. The van der Waals surface area contributed by atoms with E-state index >= 15 is 0 Å². The van der Waals surface area contributed by atoms with Crippen molar-refractivity contribution in [3.63, 3.8) is 0 Å². The average molecular weight is 574 g/mol. The van der Waals surface area contributed by atoms with E-state index in [1.54, 1.807) is 38.3 Å². The van der Waals surface area contributed by atoms with Crippen LogP contribution in [-0.2, 0) is 9.84 Å². The van der Waals surface area contributed by atoms with E-state index in [0.717, 1.165) is 0 Å². The van der Waals surface area contributed by atoms with Crippen LogP contribution in [0.15, 0.2) is 64.5 Å². The van der Waals surface area contributed by atoms with Gasteiger partial charge in [-0.25, -0.2) is 8.42 Å². The summed E-state index contributed by atoms with van der Waals surface area (Å²) < 4.78 is 49.0. The Morgan fingerprint density at radius 3 is 2.10 bits per heavy atom. The minimum Gasteiger partial charge on any atom is -0.497 e. The van der Waals surface area contributed by atoms with Crippen LogP contribution >= 0.6 is 12.4 Å². The number of carbonyl (C=O) groups is 1. The van der Waals surface area contributed by atoms with E-state index in [2.05, 4.69) is 10.3 Å². The number of sulfone groups is 1. The number of pyridine rings is 1. The largest absolute Gasteiger partial charge is 0.497 e. The van der Waals surface area contributed by atoms with Crippen molar-refractivity contribution in [2.75, 3.05) is 33.8 Å². The van der Waals surface area contributed by atoms with Gasteiger partial charge in [-0.3, -0.25) is 9.78 Å². The number of aryl methyl sites for hydroxylation is 1. The average Bonchev–Trinajstić information content (AvgIpc) is 2.92. The van der Waals surface area contributed by atoms with Crippen LogP contribution in [0.5, 0.6) is 23.0 Å². The number of benzene rings is 3. The molecule has 3 N–H and O–H groups in total. The van der Waals surface area contributed by atoms with E-state index in [1.165, 1.54) is 51.8 Å². The summed E-state index contributed by atoms with van der Waals surface area (Å²) in [6.07, 6.45) is 1.37. The molecular weight excluding hydrogens is 546 g/mol. The summed E-state index contributed by atoms with van der Waals surface area (Å²) in [5, 5.41) is 3.59. The van der Waals surface area contributed by atoms with Gasteiger partial charge < -0.3 is 30.0 Å². The van der Waals surface area contributed by atoms with Crippen LogP contribution in [0.3, 0.4) is 0 Å². The molecule has 0 aliphatic heterocycles. The fraction of sp³-hybridized carbons (Fsp3) is 0.185. The number of hydrogen-bond donors (Lipinski definition) is 2. The smallest absolute Gasteiger partial charge is 0.252 e. The number of nitrogens with one attached hydrogen (secondary N) is 1. The summed E-state index contributed by atoms with van der Waals surface area (Å²) in [4.78, 5) is 16.6. The number of aromatic nitrogens is 1. The lowest BCUT2D eigenvalue weighted by Gasteiger charge is -2.17. The van der Waals surface area contributed by atoms with Crippen LogP contribution in [0.1, 0.15) is 15.9 Å². The van der Waals surface area contributed by atoms with Gasteiger partial charge in [0.25, 0.3) is 5.91 Å². The molecular formula is C27H28ClN3O7S. The van der Waals surface area contributed by atoms with Gasteiger partial charge in [-0.15, -0.1) is 12.4 Å². The topological polar surface area (TPSA) is 139 Å². The molecule has 1 heterocycles. The van der Waals surface area contributed by atoms with E-state index in [-0.39, 0.29) is 45.0 Å². The molecule has 4 rings (SSSR count). The van der Waals surface area contributed by atoms with Crippen LogP contribution in [0, 0.1) is 6.92 Å². The fourth-order valence-corrected chi connectivity index (χ4v) is 5.52. The van der Waals surface area contributed by atoms with Crippen LogP contribution in [0.25, 0.3) is 10.9 Å². The number of carbonyl (C=O) groups excluding carboxylic acids is 1. The highest BCUT2D eigenvalue weighted by molar-refractivity contribution is 7.91. The second kappa shape index (κ2) is 11.7. The summed E-state index contributed by atoms with van der Waals surface area (Å²) in [7, 11) is 1.70. The number of nitrogens with two attached hydrogens (primary N) is 1. The zero-order valence-electron chi connectivity index (χ0n) is 21.9. The third-order valence-corrected chi connectivity index (χ3v) is 7.71. The predicted octanol–water partition coefficient (Wildman–Crippen LogP) is 4.67. The maximum atomic E-state index is 13.8. The molecule has 0 fully saturated rings. The lowest BCUT2D eigenvalue weighted by Crippen LogP contribution is -2.14. The molecule has 39 heavy (non-hydrogen) atoms. The van der Waals surface area contributed by atoms with Crippen LogP contribution in [0.2, 0.25) is 0 Å². The van der Waals surface area contributed by atoms with Crippen molar-refractivity contribution in [2.24, 2.45) is 5.73 Å². The van der Waals surface area contributed by atoms with Crippen molar-refractivity contribution >= 4 is 50.4 Å². The molecule has 0 aliphatic carbocycles. The number of halogens is 1. The minimum absolute atomic E-state index is 0. The molecule has 4 aromatic rings. The van der Waals surface area contributed by atoms with E-state index < -0.39 is 15.7 Å². The second-order valence-corrected chi connectivity index (χ2v) is 10.2. The molecule has 10 nitrogen and oxygen atoms in total. The first-order valence-electron chi connectivity index (χ1n) is 11.3. The minimum atomic E-state index is -4.08. The van der Waals surface area contributed by atoms with Gasteiger partial charge in [0.05, 0.1) is 55.0 Å². The zero-order chi connectivity index (χ0) is 27.6. The van der Waals surface area contributed by atoms with Crippen LogP contribution in [-0.4, -0.2) is 47.7 Å². The molecule has 0 saturated heterocycles. The van der Waals surface area contributed by atoms with Gasteiger partial charge in [-0.05, 0) is 36.8 Å². The van der Waals surface area contributed by atoms with Gasteiger partial charge >= 0.3 is 0 Å². The Kier molecular flexibility index (Phi) is 8.78. The van der Waals surface area contributed by atoms with Crippen molar-refractivity contribution in [1.82, 2.24) is 4.98 Å². The highest BCUT2D eigenvalue weighted by atomic mass is 35.5. The van der Waals surface area contributed by atoms with E-state index in [0.29, 0.717) is 33.6 Å². The number of nitrogens with zero attached hydrogens (tertiary/aromatic N) is 1. The number of fused-ring (bicyclic) bond motifs is 1. The number of anilines is 2. The molecule has 206 valence electrons. The van der Waals surface area contributed by atoms with Crippen LogP contribution in [0.4, 0.5) is 11.4 Å². The molecule has 0 atom stereocenters. The van der Waals surface area contributed by atoms with Crippen LogP contribution < -0.4 is 30.0 Å². The second-order valence-electron chi connectivity index (χ2n) is 8.27. The Balaban J connectivity index is 0.00000420. The zero-order valence-corrected chi connectivity index (χ0v) is 23.5. The van der Waals surface area contributed by atoms with Gasteiger partial charge in [0, 0.05) is 35.5 Å². The molecule has 1 amide bonds. The molecule has 0 unspecified atom stereocenters. The highest BCUT2D eigenvalue weighted by Crippen LogP contribution is 2.41. The number of rotatable bonds is 9. The Morgan fingerprint density at radius 2 is 1.54 bits per heavy atom. The molecule has 0 spiro atoms. The third kappa shape index (κ3) is 5.50. The maximum Gasteiger partial charge on any atom is 0.252 e. The number of methoxy groups -OCH3 is 4. The van der Waals surface area contributed by atoms with Gasteiger partial charge in [-0.2, -0.15) is 0 Å². The van der Waals surface area contributed by atoms with Gasteiger partial charge in [0.15, 0.2) is 11.5 Å². The first kappa shape index (κ1) is 29.3. The Hall–Kier alpha value is -4.22. The summed E-state index contributed by atoms with van der Waals surface area (Å²) in [6, 6.07) is 12.8. The van der Waals surface area contributed by atoms with Crippen molar-refractivity contribution < 1.29 is 32.2 Å². The quantitative estimate of drug-likeness (QED) is 0.292. The summed E-state index contributed by atoms with van der Waals surface area (Å²) in [5.74, 6) is 0.530. The molecule has 0 radical (unpaired) electrons. The normalized spacial score (nSPS) is 10.9. The Morgan fingerprint density at radius 1 is 0.897 bits per heavy atom. The molecule has 1 aromatic heterocycles. The van der Waals surface area contributed by atoms with E-state index in [9.17, 15) is 13.2 Å². The summed E-state index contributed by atoms with van der Waals surface area (Å²) >= 11 is 0. The van der Waals surface area contributed by atoms with Crippen molar-refractivity contribution in [1.29, 1.82) is 0 Å². The Labute approximate surface area is 232 Å². The number of primary amides is 1. The van der Waals surface area contributed by atoms with Crippen molar-refractivity contribution in [3.8, 4) is 23.0 Å². The van der Waals surface area contributed by atoms with Gasteiger partial charge in [-0.1, -0.05) is 6.07 Å². The van der Waals surface area contributed by atoms with Gasteiger partial charge in [0.2, 0.25) is 15.6 Å². The summed E-state index contributed by atoms with van der Waals surface area (Å²) in [5.41, 5.74) is 7.77. The molecule has 0 aliphatic rings. The molecule has 0 saturated carbocycles. The number of ether oxygens (including phenoxy) is 4. The monoisotopic (exact) mass is 573 g/mol. The van der Waals surface area contributed by atoms with Crippen molar-refractivity contribution in [2.45, 2.75) is 16.7 Å².